The van der Waals surface area contributed by atoms with Crippen LogP contribution in [0.25, 0.3) is 11.3 Å². The lowest BCUT2D eigenvalue weighted by Crippen LogP contribution is -2.33. The zero-order chi connectivity index (χ0) is 23.4. The molecule has 1 heterocycles. The maximum Gasteiger partial charge on any atom is 0.338 e. The number of nitrogens with two attached hydrogens (primary N) is 1. The molecule has 3 aromatic rings. The Bertz CT molecular complexity index is 1240. The van der Waals surface area contributed by atoms with E-state index in [1.165, 1.54) is 0 Å². The molecule has 0 atom stereocenters. The van der Waals surface area contributed by atoms with E-state index in [4.69, 9.17) is 10.5 Å². The molecule has 3 aromatic carbocycles. The highest BCUT2D eigenvalue weighted by atomic mass is 16.5. The van der Waals surface area contributed by atoms with Gasteiger partial charge in [0.2, 0.25) is 5.91 Å². The number of esters is 1. The molecule has 0 saturated carbocycles. The standard InChI is InChI=1S/C26H23N3O4/c1-2-33-26(32)18-13-14-20-21(15-18)28-25(31)23(20)24(17-9-5-3-6-10-17)29(16-22(27)30)19-11-7-4-8-12-19/h3-15H,2,16H2,1H3,(H2,27,30)(H,28,31)/b24-23-. The second-order valence-electron chi connectivity index (χ2n) is 7.41. The van der Waals surface area contributed by atoms with E-state index in [-0.39, 0.29) is 19.1 Å². The lowest BCUT2D eigenvalue weighted by molar-refractivity contribution is -0.116. The number of carbonyl (C=O) groups excluding carboxylic acids is 3. The van der Waals surface area contributed by atoms with Crippen molar-refractivity contribution < 1.29 is 19.1 Å². The molecule has 33 heavy (non-hydrogen) atoms. The summed E-state index contributed by atoms with van der Waals surface area (Å²) < 4.78 is 5.07. The molecule has 0 saturated heterocycles. The Morgan fingerprint density at radius 3 is 2.24 bits per heavy atom. The molecule has 0 fully saturated rings. The third kappa shape index (κ3) is 4.48. The summed E-state index contributed by atoms with van der Waals surface area (Å²) in [5, 5.41) is 2.85. The molecule has 7 nitrogen and oxygen atoms in total. The van der Waals surface area contributed by atoms with Gasteiger partial charge in [-0.25, -0.2) is 4.79 Å². The van der Waals surface area contributed by atoms with Gasteiger partial charge in [0, 0.05) is 11.3 Å². The van der Waals surface area contributed by atoms with Crippen molar-refractivity contribution in [3.05, 3.63) is 95.6 Å². The molecule has 0 aliphatic carbocycles. The van der Waals surface area contributed by atoms with E-state index in [0.29, 0.717) is 33.8 Å². The van der Waals surface area contributed by atoms with Crippen LogP contribution in [0.3, 0.4) is 0 Å². The summed E-state index contributed by atoms with van der Waals surface area (Å²) in [7, 11) is 0. The summed E-state index contributed by atoms with van der Waals surface area (Å²) in [4.78, 5) is 39.2. The first-order valence-corrected chi connectivity index (χ1v) is 10.5. The molecule has 3 N–H and O–H groups in total. The summed E-state index contributed by atoms with van der Waals surface area (Å²) in [5.74, 6) is -1.34. The van der Waals surface area contributed by atoms with Gasteiger partial charge in [-0.05, 0) is 36.8 Å². The Labute approximate surface area is 191 Å². The highest BCUT2D eigenvalue weighted by Gasteiger charge is 2.32. The first-order chi connectivity index (χ1) is 16.0. The van der Waals surface area contributed by atoms with Crippen molar-refractivity contribution in [2.75, 3.05) is 23.4 Å². The van der Waals surface area contributed by atoms with Gasteiger partial charge >= 0.3 is 5.97 Å². The van der Waals surface area contributed by atoms with Crippen LogP contribution in [0.2, 0.25) is 0 Å². The van der Waals surface area contributed by atoms with Gasteiger partial charge in [0.1, 0.15) is 6.54 Å². The number of primary amides is 1. The summed E-state index contributed by atoms with van der Waals surface area (Å²) >= 11 is 0. The summed E-state index contributed by atoms with van der Waals surface area (Å²) in [6, 6.07) is 23.6. The second-order valence-corrected chi connectivity index (χ2v) is 7.41. The smallest absolute Gasteiger partial charge is 0.338 e. The Hall–Kier alpha value is -4.39. The molecule has 1 aliphatic heterocycles. The number of ether oxygens (including phenoxy) is 1. The van der Waals surface area contributed by atoms with Crippen LogP contribution in [0.1, 0.15) is 28.4 Å². The number of amides is 2. The molecule has 166 valence electrons. The second kappa shape index (κ2) is 9.40. The third-order valence-electron chi connectivity index (χ3n) is 5.21. The Balaban J connectivity index is 1.95. The number of carbonyl (C=O) groups is 3. The summed E-state index contributed by atoms with van der Waals surface area (Å²) in [6.07, 6.45) is 0. The fourth-order valence-corrected chi connectivity index (χ4v) is 3.84. The van der Waals surface area contributed by atoms with Crippen molar-refractivity contribution in [1.29, 1.82) is 0 Å². The minimum Gasteiger partial charge on any atom is -0.462 e. The first-order valence-electron chi connectivity index (χ1n) is 10.5. The van der Waals surface area contributed by atoms with Crippen molar-refractivity contribution in [3.8, 4) is 0 Å². The molecule has 0 aromatic heterocycles. The molecule has 0 radical (unpaired) electrons. The monoisotopic (exact) mass is 441 g/mol. The molecule has 1 aliphatic rings. The van der Waals surface area contributed by atoms with E-state index in [2.05, 4.69) is 5.32 Å². The van der Waals surface area contributed by atoms with Gasteiger partial charge in [-0.2, -0.15) is 0 Å². The lowest BCUT2D eigenvalue weighted by atomic mass is 9.97. The largest absolute Gasteiger partial charge is 0.462 e. The van der Waals surface area contributed by atoms with E-state index >= 15 is 0 Å². The normalized spacial score (nSPS) is 13.7. The van der Waals surface area contributed by atoms with Crippen LogP contribution in [0.4, 0.5) is 11.4 Å². The van der Waals surface area contributed by atoms with Crippen molar-refractivity contribution >= 4 is 40.4 Å². The molecule has 0 bridgehead atoms. The van der Waals surface area contributed by atoms with Crippen LogP contribution < -0.4 is 16.0 Å². The van der Waals surface area contributed by atoms with E-state index in [1.807, 2.05) is 60.7 Å². The molecular formula is C26H23N3O4. The minimum absolute atomic E-state index is 0.124. The number of rotatable bonds is 7. The van der Waals surface area contributed by atoms with Crippen LogP contribution in [-0.4, -0.2) is 30.9 Å². The highest BCUT2D eigenvalue weighted by Crippen LogP contribution is 2.40. The molecular weight excluding hydrogens is 418 g/mol. The number of benzene rings is 3. The predicted molar refractivity (Wildman–Crippen MR) is 127 cm³/mol. The highest BCUT2D eigenvalue weighted by molar-refractivity contribution is 6.38. The Kier molecular flexibility index (Phi) is 6.22. The fourth-order valence-electron chi connectivity index (χ4n) is 3.84. The van der Waals surface area contributed by atoms with Gasteiger partial charge in [-0.3, -0.25) is 9.59 Å². The molecule has 2 amide bonds. The number of hydrogen-bond donors (Lipinski definition) is 2. The molecule has 4 rings (SSSR count). The average Bonchev–Trinajstić information content (AvgIpc) is 3.14. The van der Waals surface area contributed by atoms with Gasteiger partial charge in [0.15, 0.2) is 0 Å². The van der Waals surface area contributed by atoms with E-state index in [9.17, 15) is 14.4 Å². The quantitative estimate of drug-likeness (QED) is 0.430. The maximum absolute atomic E-state index is 13.2. The average molecular weight is 441 g/mol. The number of para-hydroxylation sites is 1. The van der Waals surface area contributed by atoms with Crippen molar-refractivity contribution in [2.24, 2.45) is 5.73 Å². The molecule has 0 unspecified atom stereocenters. The molecule has 7 heteroatoms. The van der Waals surface area contributed by atoms with Crippen molar-refractivity contribution in [3.63, 3.8) is 0 Å². The van der Waals surface area contributed by atoms with Gasteiger partial charge < -0.3 is 20.7 Å². The number of anilines is 2. The Morgan fingerprint density at radius 1 is 0.939 bits per heavy atom. The SMILES string of the molecule is CCOC(=O)c1ccc2c(c1)NC(=O)/C2=C(/c1ccccc1)N(CC(N)=O)c1ccccc1. The van der Waals surface area contributed by atoms with E-state index < -0.39 is 11.9 Å². The van der Waals surface area contributed by atoms with Crippen LogP contribution in [0.5, 0.6) is 0 Å². The number of fused-ring (bicyclic) bond motifs is 1. The number of nitrogens with zero attached hydrogens (tertiary/aromatic N) is 1. The lowest BCUT2D eigenvalue weighted by Gasteiger charge is -2.28. The topological polar surface area (TPSA) is 102 Å². The van der Waals surface area contributed by atoms with Gasteiger partial charge in [-0.1, -0.05) is 54.6 Å². The van der Waals surface area contributed by atoms with Gasteiger partial charge in [0.25, 0.3) is 5.91 Å². The molecule has 0 spiro atoms. The van der Waals surface area contributed by atoms with E-state index in [0.717, 1.165) is 5.56 Å². The van der Waals surface area contributed by atoms with Crippen LogP contribution in [-0.2, 0) is 14.3 Å². The van der Waals surface area contributed by atoms with Crippen LogP contribution in [0, 0.1) is 0 Å². The number of nitrogens with one attached hydrogen (secondary N) is 1. The minimum atomic E-state index is -0.538. The van der Waals surface area contributed by atoms with E-state index in [1.54, 1.807) is 30.0 Å². The van der Waals surface area contributed by atoms with Gasteiger partial charge in [-0.15, -0.1) is 0 Å². The van der Waals surface area contributed by atoms with Crippen molar-refractivity contribution in [1.82, 2.24) is 0 Å². The summed E-state index contributed by atoms with van der Waals surface area (Å²) in [5.41, 5.74) is 9.46. The summed E-state index contributed by atoms with van der Waals surface area (Å²) in [6.45, 7) is 1.86. The van der Waals surface area contributed by atoms with Crippen molar-refractivity contribution in [2.45, 2.75) is 6.92 Å². The third-order valence-corrected chi connectivity index (χ3v) is 5.21. The number of hydrogen-bond acceptors (Lipinski definition) is 5. The van der Waals surface area contributed by atoms with Gasteiger partial charge in [0.05, 0.1) is 29.1 Å². The maximum atomic E-state index is 13.2. The predicted octanol–water partition coefficient (Wildman–Crippen LogP) is 3.68. The first kappa shape index (κ1) is 21.8. The fraction of sp³-hybridized carbons (Fsp3) is 0.115. The van der Waals surface area contributed by atoms with Crippen LogP contribution in [0.15, 0.2) is 78.9 Å². The zero-order valence-corrected chi connectivity index (χ0v) is 18.1. The zero-order valence-electron chi connectivity index (χ0n) is 18.1. The Morgan fingerprint density at radius 2 is 1.61 bits per heavy atom. The van der Waals surface area contributed by atoms with Crippen LogP contribution >= 0.6 is 0 Å².